The Hall–Kier alpha value is -3.38. The first-order valence-corrected chi connectivity index (χ1v) is 9.08. The van der Waals surface area contributed by atoms with Crippen molar-refractivity contribution in [2.75, 3.05) is 14.2 Å². The first kappa shape index (κ1) is 24.9. The molecular formula is C19H16ClF3N2O7. The summed E-state index contributed by atoms with van der Waals surface area (Å²) in [5.41, 5.74) is -0.648. The van der Waals surface area contributed by atoms with Crippen LogP contribution in [0.1, 0.15) is 11.1 Å². The highest BCUT2D eigenvalue weighted by Crippen LogP contribution is 2.36. The molecule has 13 heteroatoms. The van der Waals surface area contributed by atoms with Gasteiger partial charge in [0, 0.05) is 7.05 Å². The number of esters is 1. The number of carbonyl (C=O) groups is 2. The highest BCUT2D eigenvalue weighted by Gasteiger charge is 2.37. The Balaban J connectivity index is 2.10. The summed E-state index contributed by atoms with van der Waals surface area (Å²) >= 11 is 5.85. The Morgan fingerprint density at radius 1 is 1.22 bits per heavy atom. The fraction of sp³-hybridized carbons (Fsp3) is 0.263. The molecule has 2 aromatic rings. The number of nitrogens with zero attached hydrogens (tertiary/aromatic N) is 2. The van der Waals surface area contributed by atoms with Gasteiger partial charge >= 0.3 is 24.3 Å². The Bertz CT molecular complexity index is 1020. The van der Waals surface area contributed by atoms with Gasteiger partial charge in [-0.05, 0) is 35.9 Å². The van der Waals surface area contributed by atoms with Crippen molar-refractivity contribution >= 4 is 23.5 Å². The fourth-order valence-corrected chi connectivity index (χ4v) is 2.59. The molecule has 1 unspecified atom stereocenters. The molecule has 9 nitrogen and oxygen atoms in total. The minimum Gasteiger partial charge on any atom is -0.456 e. The zero-order valence-electron chi connectivity index (χ0n) is 16.6. The molecule has 0 spiro atoms. The van der Waals surface area contributed by atoms with Crippen LogP contribution in [0, 0.1) is 10.1 Å². The lowest BCUT2D eigenvalue weighted by Gasteiger charge is -2.16. The minimum atomic E-state index is -4.57. The number of likely N-dealkylation sites (N-methyl/N-ethyl adjacent to an activating group) is 1. The monoisotopic (exact) mass is 476 g/mol. The van der Waals surface area contributed by atoms with Crippen LogP contribution >= 0.6 is 11.6 Å². The van der Waals surface area contributed by atoms with Crippen LogP contribution in [-0.2, 0) is 31.8 Å². The Labute approximate surface area is 184 Å². The smallest absolute Gasteiger partial charge is 0.437 e. The average molecular weight is 477 g/mol. The maximum atomic E-state index is 12.7. The number of carbonyl (C=O) groups excluding carboxylic acids is 2. The van der Waals surface area contributed by atoms with E-state index in [1.807, 2.05) is 0 Å². The molecule has 172 valence electrons. The zero-order valence-corrected chi connectivity index (χ0v) is 17.3. The van der Waals surface area contributed by atoms with Crippen LogP contribution in [0.4, 0.5) is 13.2 Å². The van der Waals surface area contributed by atoms with Crippen molar-refractivity contribution in [3.05, 3.63) is 68.7 Å². The Morgan fingerprint density at radius 3 is 2.47 bits per heavy atom. The number of alkyl halides is 3. The molecule has 1 atom stereocenters. The second-order valence-electron chi connectivity index (χ2n) is 6.22. The third kappa shape index (κ3) is 6.56. The molecule has 0 aromatic heterocycles. The SMILES string of the molecule is CON(C)C(=O)C(OC(=O)Cc1cccc(Oc2ccc(C(F)(F)F)cc2Cl)c1)[N+](=O)[O-]. The van der Waals surface area contributed by atoms with Crippen molar-refractivity contribution < 1.29 is 42.0 Å². The Morgan fingerprint density at radius 2 is 1.91 bits per heavy atom. The second-order valence-corrected chi connectivity index (χ2v) is 6.62. The predicted molar refractivity (Wildman–Crippen MR) is 103 cm³/mol. The van der Waals surface area contributed by atoms with E-state index in [0.717, 1.165) is 26.3 Å². The lowest BCUT2D eigenvalue weighted by molar-refractivity contribution is -0.553. The molecule has 1 amide bonds. The van der Waals surface area contributed by atoms with Gasteiger partial charge in [-0.1, -0.05) is 23.7 Å². The molecule has 32 heavy (non-hydrogen) atoms. The minimum absolute atomic E-state index is 0.0546. The van der Waals surface area contributed by atoms with Gasteiger partial charge < -0.3 is 9.47 Å². The number of halogens is 4. The Kier molecular flexibility index (Phi) is 8.00. The first-order chi connectivity index (χ1) is 14.9. The van der Waals surface area contributed by atoms with E-state index in [0.29, 0.717) is 16.7 Å². The van der Waals surface area contributed by atoms with Crippen molar-refractivity contribution in [1.29, 1.82) is 0 Å². The number of hydroxylamine groups is 2. The van der Waals surface area contributed by atoms with Crippen LogP contribution in [0.2, 0.25) is 5.02 Å². The van der Waals surface area contributed by atoms with Gasteiger partial charge in [0.05, 0.1) is 29.0 Å². The summed E-state index contributed by atoms with van der Waals surface area (Å²) in [5.74, 6) is -2.19. The molecule has 0 aliphatic carbocycles. The van der Waals surface area contributed by atoms with Crippen LogP contribution in [0.3, 0.4) is 0 Å². The topological polar surface area (TPSA) is 108 Å². The van der Waals surface area contributed by atoms with E-state index in [2.05, 4.69) is 9.57 Å². The standard InChI is InChI=1S/C19H16ClF3N2O7/c1-24(30-2)17(27)18(25(28)29)32-16(26)9-11-4-3-5-13(8-11)31-15-7-6-12(10-14(15)20)19(21,22)23/h3-8,10,18H,9H2,1-2H3. The lowest BCUT2D eigenvalue weighted by atomic mass is 10.1. The van der Waals surface area contributed by atoms with Crippen molar-refractivity contribution in [1.82, 2.24) is 5.06 Å². The third-order valence-corrected chi connectivity index (χ3v) is 4.26. The number of benzene rings is 2. The maximum Gasteiger partial charge on any atom is 0.437 e. The van der Waals surface area contributed by atoms with E-state index in [9.17, 15) is 32.9 Å². The molecule has 0 aliphatic rings. The maximum absolute atomic E-state index is 12.7. The van der Waals surface area contributed by atoms with Gasteiger partial charge in [0.1, 0.15) is 11.5 Å². The van der Waals surface area contributed by atoms with Crippen LogP contribution in [0.15, 0.2) is 42.5 Å². The molecule has 0 heterocycles. The van der Waals surface area contributed by atoms with E-state index in [4.69, 9.17) is 16.3 Å². The average Bonchev–Trinajstić information content (AvgIpc) is 2.71. The van der Waals surface area contributed by atoms with Gasteiger partial charge in [-0.2, -0.15) is 13.2 Å². The number of amides is 1. The van der Waals surface area contributed by atoms with Gasteiger partial charge in [-0.3, -0.25) is 24.5 Å². The largest absolute Gasteiger partial charge is 0.456 e. The fourth-order valence-electron chi connectivity index (χ4n) is 2.37. The first-order valence-electron chi connectivity index (χ1n) is 8.70. The summed E-state index contributed by atoms with van der Waals surface area (Å²) in [7, 11) is 2.21. The van der Waals surface area contributed by atoms with Crippen molar-refractivity contribution in [3.63, 3.8) is 0 Å². The van der Waals surface area contributed by atoms with E-state index in [1.54, 1.807) is 0 Å². The molecule has 0 saturated carbocycles. The zero-order chi connectivity index (χ0) is 24.1. The molecular weight excluding hydrogens is 461 g/mol. The summed E-state index contributed by atoms with van der Waals surface area (Å²) in [6.07, 6.45) is -7.31. The molecule has 0 saturated heterocycles. The molecule has 0 aliphatic heterocycles. The number of ether oxygens (including phenoxy) is 2. The van der Waals surface area contributed by atoms with Gasteiger partial charge in [0.2, 0.25) is 0 Å². The number of nitro groups is 1. The van der Waals surface area contributed by atoms with Crippen molar-refractivity contribution in [3.8, 4) is 11.5 Å². The van der Waals surface area contributed by atoms with E-state index in [1.165, 1.54) is 24.3 Å². The highest BCUT2D eigenvalue weighted by molar-refractivity contribution is 6.32. The highest BCUT2D eigenvalue weighted by atomic mass is 35.5. The quantitative estimate of drug-likeness (QED) is 0.246. The predicted octanol–water partition coefficient (Wildman–Crippen LogP) is 3.86. The summed E-state index contributed by atoms with van der Waals surface area (Å²) in [6.45, 7) is 0. The van der Waals surface area contributed by atoms with Crippen LogP contribution in [0.5, 0.6) is 11.5 Å². The molecule has 0 radical (unpaired) electrons. The summed E-state index contributed by atoms with van der Waals surface area (Å²) in [5, 5.41) is 11.3. The molecule has 0 N–H and O–H groups in total. The van der Waals surface area contributed by atoms with Gasteiger partial charge in [0.25, 0.3) is 0 Å². The normalized spacial score (nSPS) is 12.1. The number of rotatable bonds is 8. The van der Waals surface area contributed by atoms with Crippen LogP contribution in [-0.4, -0.2) is 42.2 Å². The van der Waals surface area contributed by atoms with Gasteiger partial charge in [-0.25, -0.2) is 5.06 Å². The third-order valence-electron chi connectivity index (χ3n) is 3.96. The van der Waals surface area contributed by atoms with Crippen molar-refractivity contribution in [2.45, 2.75) is 18.8 Å². The van der Waals surface area contributed by atoms with Crippen molar-refractivity contribution in [2.24, 2.45) is 0 Å². The van der Waals surface area contributed by atoms with Gasteiger partial charge in [-0.15, -0.1) is 0 Å². The van der Waals surface area contributed by atoms with E-state index >= 15 is 0 Å². The number of hydrogen-bond donors (Lipinski definition) is 0. The van der Waals surface area contributed by atoms with Crippen LogP contribution in [0.25, 0.3) is 0 Å². The molecule has 2 rings (SSSR count). The summed E-state index contributed by atoms with van der Waals surface area (Å²) in [4.78, 5) is 38.5. The summed E-state index contributed by atoms with van der Waals surface area (Å²) < 4.78 is 48.3. The number of hydrogen-bond acceptors (Lipinski definition) is 7. The second kappa shape index (κ2) is 10.3. The lowest BCUT2D eigenvalue weighted by Crippen LogP contribution is -2.43. The van der Waals surface area contributed by atoms with E-state index in [-0.39, 0.29) is 16.5 Å². The molecule has 0 fully saturated rings. The molecule has 0 bridgehead atoms. The van der Waals surface area contributed by atoms with Gasteiger partial charge in [0.15, 0.2) is 0 Å². The molecule has 2 aromatic carbocycles. The van der Waals surface area contributed by atoms with E-state index < -0.39 is 41.2 Å². The summed E-state index contributed by atoms with van der Waals surface area (Å²) in [6, 6.07) is 8.33. The van der Waals surface area contributed by atoms with Crippen LogP contribution < -0.4 is 4.74 Å².